The summed E-state index contributed by atoms with van der Waals surface area (Å²) in [5.41, 5.74) is 0.454. The Morgan fingerprint density at radius 3 is 2.22 bits per heavy atom. The number of hydrogen-bond donors (Lipinski definition) is 0. The summed E-state index contributed by atoms with van der Waals surface area (Å²) in [5, 5.41) is 0. The summed E-state index contributed by atoms with van der Waals surface area (Å²) >= 11 is 0. The zero-order valence-corrected chi connectivity index (χ0v) is 17.6. The molecule has 0 radical (unpaired) electrons. The van der Waals surface area contributed by atoms with Crippen molar-refractivity contribution in [3.05, 3.63) is 12.2 Å². The Bertz CT molecular complexity index is 409. The second-order valence-corrected chi connectivity index (χ2v) is 14.0. The lowest BCUT2D eigenvalue weighted by atomic mass is 9.79. The molecule has 0 N–H and O–H groups in total. The second-order valence-electron chi connectivity index (χ2n) is 9.78. The SMILES string of the molecule is CN1C(C)(C)CC(O[Si](C)(C)CCC2CC=CCC2)CC1(C)C. The third kappa shape index (κ3) is 5.17. The van der Waals surface area contributed by atoms with Crippen LogP contribution >= 0.6 is 0 Å². The van der Waals surface area contributed by atoms with Gasteiger partial charge < -0.3 is 4.43 Å². The van der Waals surface area contributed by atoms with Gasteiger partial charge in [0.15, 0.2) is 8.32 Å². The molecule has 0 aromatic rings. The third-order valence-corrected chi connectivity index (χ3v) is 8.75. The van der Waals surface area contributed by atoms with Crippen LogP contribution in [0, 0.1) is 5.92 Å². The highest BCUT2D eigenvalue weighted by molar-refractivity contribution is 6.71. The summed E-state index contributed by atoms with van der Waals surface area (Å²) in [4.78, 5) is 2.54. The number of rotatable bonds is 5. The first-order chi connectivity index (χ1) is 10.5. The Morgan fingerprint density at radius 2 is 1.70 bits per heavy atom. The average Bonchev–Trinajstić information content (AvgIpc) is 2.43. The van der Waals surface area contributed by atoms with Crippen molar-refractivity contribution in [3.8, 4) is 0 Å². The van der Waals surface area contributed by atoms with E-state index in [1.807, 2.05) is 0 Å². The Kier molecular flexibility index (Phi) is 5.85. The zero-order valence-electron chi connectivity index (χ0n) is 16.6. The summed E-state index contributed by atoms with van der Waals surface area (Å²) in [7, 11) is 0.709. The highest BCUT2D eigenvalue weighted by Gasteiger charge is 2.44. The molecule has 2 aliphatic rings. The number of hydrogen-bond acceptors (Lipinski definition) is 2. The van der Waals surface area contributed by atoms with Crippen molar-refractivity contribution in [3.63, 3.8) is 0 Å². The fourth-order valence-corrected chi connectivity index (χ4v) is 6.83. The van der Waals surface area contributed by atoms with Crippen molar-refractivity contribution in [1.29, 1.82) is 0 Å². The van der Waals surface area contributed by atoms with Crippen molar-refractivity contribution < 1.29 is 4.43 Å². The van der Waals surface area contributed by atoms with E-state index in [1.165, 1.54) is 31.7 Å². The molecule has 1 saturated heterocycles. The number of piperidine rings is 1. The molecule has 0 amide bonds. The predicted molar refractivity (Wildman–Crippen MR) is 103 cm³/mol. The van der Waals surface area contributed by atoms with E-state index in [4.69, 9.17) is 4.43 Å². The Balaban J connectivity index is 1.90. The van der Waals surface area contributed by atoms with Gasteiger partial charge in [0.05, 0.1) is 0 Å². The molecule has 0 saturated carbocycles. The van der Waals surface area contributed by atoms with E-state index in [1.54, 1.807) is 0 Å². The van der Waals surface area contributed by atoms with Gasteiger partial charge in [-0.3, -0.25) is 4.90 Å². The van der Waals surface area contributed by atoms with E-state index in [-0.39, 0.29) is 11.1 Å². The molecule has 1 heterocycles. The Morgan fingerprint density at radius 1 is 1.09 bits per heavy atom. The number of nitrogens with zero attached hydrogens (tertiary/aromatic N) is 1. The fraction of sp³-hybridized carbons (Fsp3) is 0.900. The van der Waals surface area contributed by atoms with Crippen LogP contribution in [-0.4, -0.2) is 37.4 Å². The van der Waals surface area contributed by atoms with Gasteiger partial charge in [0.25, 0.3) is 0 Å². The number of likely N-dealkylation sites (tertiary alicyclic amines) is 1. The molecular weight excluding hydrogens is 298 g/mol. The summed E-state index contributed by atoms with van der Waals surface area (Å²) in [5.74, 6) is 0.903. The maximum absolute atomic E-state index is 6.78. The Labute approximate surface area is 145 Å². The molecule has 23 heavy (non-hydrogen) atoms. The van der Waals surface area contributed by atoms with Crippen LogP contribution in [0.2, 0.25) is 19.1 Å². The quantitative estimate of drug-likeness (QED) is 0.478. The fourth-order valence-electron chi connectivity index (χ4n) is 4.54. The monoisotopic (exact) mass is 337 g/mol. The number of allylic oxidation sites excluding steroid dienone is 2. The molecule has 0 aromatic heterocycles. The predicted octanol–water partition coefficient (Wildman–Crippen LogP) is 5.61. The van der Waals surface area contributed by atoms with Crippen molar-refractivity contribution in [2.24, 2.45) is 5.92 Å². The molecule has 0 bridgehead atoms. The molecule has 134 valence electrons. The van der Waals surface area contributed by atoms with Gasteiger partial charge in [0.1, 0.15) is 0 Å². The first-order valence-corrected chi connectivity index (χ1v) is 12.7. The summed E-state index contributed by atoms with van der Waals surface area (Å²) < 4.78 is 6.78. The molecule has 1 aliphatic carbocycles. The molecule has 1 unspecified atom stereocenters. The van der Waals surface area contributed by atoms with Crippen LogP contribution in [0.3, 0.4) is 0 Å². The van der Waals surface area contributed by atoms with E-state index in [0.717, 1.165) is 18.8 Å². The van der Waals surface area contributed by atoms with E-state index >= 15 is 0 Å². The van der Waals surface area contributed by atoms with E-state index < -0.39 is 8.32 Å². The maximum Gasteiger partial charge on any atom is 0.187 e. The van der Waals surface area contributed by atoms with E-state index in [9.17, 15) is 0 Å². The first-order valence-electron chi connectivity index (χ1n) is 9.59. The molecule has 1 fully saturated rings. The summed E-state index contributed by atoms with van der Waals surface area (Å²) in [6, 6.07) is 1.32. The van der Waals surface area contributed by atoms with Gasteiger partial charge in [-0.2, -0.15) is 0 Å². The van der Waals surface area contributed by atoms with Gasteiger partial charge in [-0.1, -0.05) is 18.6 Å². The average molecular weight is 338 g/mol. The van der Waals surface area contributed by atoms with Crippen molar-refractivity contribution in [2.45, 2.75) is 103 Å². The van der Waals surface area contributed by atoms with Gasteiger partial charge in [-0.15, -0.1) is 0 Å². The molecular formula is C20H39NOSi. The zero-order chi connectivity index (χ0) is 17.3. The van der Waals surface area contributed by atoms with Crippen molar-refractivity contribution in [1.82, 2.24) is 4.90 Å². The van der Waals surface area contributed by atoms with Crippen LogP contribution in [0.1, 0.15) is 66.2 Å². The lowest BCUT2D eigenvalue weighted by molar-refractivity contribution is -0.0584. The smallest absolute Gasteiger partial charge is 0.187 e. The molecule has 1 atom stereocenters. The highest BCUT2D eigenvalue weighted by atomic mass is 28.4. The minimum absolute atomic E-state index is 0.227. The summed E-state index contributed by atoms with van der Waals surface area (Å²) in [6.07, 6.45) is 12.8. The lowest BCUT2D eigenvalue weighted by Crippen LogP contribution is -2.61. The molecule has 1 aliphatic heterocycles. The van der Waals surface area contributed by atoms with Gasteiger partial charge >= 0.3 is 0 Å². The third-order valence-electron chi connectivity index (χ3n) is 6.29. The largest absolute Gasteiger partial charge is 0.414 e. The van der Waals surface area contributed by atoms with Crippen LogP contribution in [0.25, 0.3) is 0 Å². The molecule has 0 aromatic carbocycles. The van der Waals surface area contributed by atoms with Crippen molar-refractivity contribution in [2.75, 3.05) is 7.05 Å². The van der Waals surface area contributed by atoms with Gasteiger partial charge in [0, 0.05) is 17.2 Å². The van der Waals surface area contributed by atoms with Gasteiger partial charge in [0.2, 0.25) is 0 Å². The van der Waals surface area contributed by atoms with Crippen LogP contribution in [-0.2, 0) is 4.43 Å². The van der Waals surface area contributed by atoms with Crippen LogP contribution in [0.4, 0.5) is 0 Å². The first kappa shape index (κ1) is 19.2. The standard InChI is InChI=1S/C20H39NOSi/c1-19(2)15-18(16-20(3,4)21(19)5)22-23(6,7)14-13-17-11-9-8-10-12-17/h8-9,17-18H,10-16H2,1-7H3. The second kappa shape index (κ2) is 7.01. The highest BCUT2D eigenvalue weighted by Crippen LogP contribution is 2.39. The van der Waals surface area contributed by atoms with Crippen LogP contribution < -0.4 is 0 Å². The Hall–Kier alpha value is -0.123. The minimum atomic E-state index is -1.56. The normalized spacial score (nSPS) is 28.9. The van der Waals surface area contributed by atoms with Crippen LogP contribution in [0.5, 0.6) is 0 Å². The molecule has 2 rings (SSSR count). The minimum Gasteiger partial charge on any atom is -0.414 e. The summed E-state index contributed by atoms with van der Waals surface area (Å²) in [6.45, 7) is 14.3. The van der Waals surface area contributed by atoms with Crippen molar-refractivity contribution >= 4 is 8.32 Å². The van der Waals surface area contributed by atoms with Gasteiger partial charge in [-0.05, 0) is 91.9 Å². The molecule has 2 nitrogen and oxygen atoms in total. The molecule has 3 heteroatoms. The topological polar surface area (TPSA) is 12.5 Å². The van der Waals surface area contributed by atoms with E-state index in [2.05, 4.69) is 64.9 Å². The lowest BCUT2D eigenvalue weighted by Gasteiger charge is -2.54. The van der Waals surface area contributed by atoms with E-state index in [0.29, 0.717) is 6.10 Å². The van der Waals surface area contributed by atoms with Crippen LogP contribution in [0.15, 0.2) is 12.2 Å². The maximum atomic E-state index is 6.78. The van der Waals surface area contributed by atoms with Gasteiger partial charge in [-0.25, -0.2) is 0 Å². The molecule has 0 spiro atoms.